The fourth-order valence-corrected chi connectivity index (χ4v) is 9.68. The molecule has 2 aromatic carbocycles. The Labute approximate surface area is 289 Å². The minimum Gasteiger partial charge on any atom is -0.497 e. The summed E-state index contributed by atoms with van der Waals surface area (Å²) in [6.07, 6.45) is 20.9. The highest BCUT2D eigenvalue weighted by atomic mass is 32.2. The molecule has 0 N–H and O–H groups in total. The molecule has 4 nitrogen and oxygen atoms in total. The summed E-state index contributed by atoms with van der Waals surface area (Å²) in [5.41, 5.74) is 8.49. The number of thioether (sulfide) groups is 1. The number of thiazole rings is 1. The van der Waals surface area contributed by atoms with Gasteiger partial charge in [0.1, 0.15) is 22.7 Å². The van der Waals surface area contributed by atoms with E-state index in [1.807, 2.05) is 23.1 Å². The summed E-state index contributed by atoms with van der Waals surface area (Å²) in [6.45, 7) is 15.9. The van der Waals surface area contributed by atoms with Crippen LogP contribution in [0.15, 0.2) is 105 Å². The van der Waals surface area contributed by atoms with E-state index in [2.05, 4.69) is 130 Å². The Bertz CT molecular complexity index is 1860. The number of rotatable bonds is 8. The third-order valence-electron chi connectivity index (χ3n) is 9.22. The fraction of sp³-hybridized carbons (Fsp3) is 0.390. The lowest BCUT2D eigenvalue weighted by Crippen LogP contribution is -2.33. The molecule has 47 heavy (non-hydrogen) atoms. The Morgan fingerprint density at radius 1 is 0.830 bits per heavy atom. The first kappa shape index (κ1) is 33.4. The standard InChI is InChI=1S/C41H49N2O2S2/c1-9-42-34-22-32(44-7)14-16-36(34)46-38(42)20-30-18-28(24-40(3,4)26-30)12-11-13-29-19-31(27-41(5,6)25-29)21-39-43(10-2)35-23-33(45-8)15-17-37(35)47-39/h11-23H,9-10,24-27H2,1-8H3/q+1. The summed E-state index contributed by atoms with van der Waals surface area (Å²) < 4.78 is 14.7. The molecule has 2 heterocycles. The zero-order valence-electron chi connectivity index (χ0n) is 29.3. The minimum atomic E-state index is 0.210. The van der Waals surface area contributed by atoms with Crippen LogP contribution in [0.4, 0.5) is 5.69 Å². The molecule has 0 saturated carbocycles. The quantitative estimate of drug-likeness (QED) is 0.224. The molecule has 3 aromatic rings. The third kappa shape index (κ3) is 7.49. The van der Waals surface area contributed by atoms with Crippen LogP contribution in [0.1, 0.15) is 72.2 Å². The van der Waals surface area contributed by atoms with Gasteiger partial charge in [0.2, 0.25) is 5.52 Å². The van der Waals surface area contributed by atoms with Gasteiger partial charge in [-0.15, -0.1) is 0 Å². The van der Waals surface area contributed by atoms with Crippen molar-refractivity contribution in [3.8, 4) is 11.5 Å². The van der Waals surface area contributed by atoms with Crippen molar-refractivity contribution in [2.24, 2.45) is 10.8 Å². The molecule has 0 amide bonds. The average molecular weight is 666 g/mol. The number of benzene rings is 2. The topological polar surface area (TPSA) is 25.6 Å². The van der Waals surface area contributed by atoms with Crippen LogP contribution in [-0.2, 0) is 6.54 Å². The normalized spacial score (nSPS) is 21.5. The fourth-order valence-electron chi connectivity index (χ4n) is 7.31. The predicted molar refractivity (Wildman–Crippen MR) is 202 cm³/mol. The zero-order valence-corrected chi connectivity index (χ0v) is 30.9. The van der Waals surface area contributed by atoms with Crippen molar-refractivity contribution in [2.75, 3.05) is 25.7 Å². The first-order valence-electron chi connectivity index (χ1n) is 16.8. The van der Waals surface area contributed by atoms with Crippen molar-refractivity contribution in [3.05, 3.63) is 105 Å². The number of aryl methyl sites for hydroxylation is 1. The Kier molecular flexibility index (Phi) is 9.64. The molecule has 1 aromatic heterocycles. The van der Waals surface area contributed by atoms with E-state index < -0.39 is 0 Å². The van der Waals surface area contributed by atoms with Crippen molar-refractivity contribution in [3.63, 3.8) is 0 Å². The molecule has 6 heteroatoms. The number of aromatic nitrogens is 1. The van der Waals surface area contributed by atoms with Gasteiger partial charge in [0.05, 0.1) is 31.0 Å². The van der Waals surface area contributed by atoms with Gasteiger partial charge in [-0.3, -0.25) is 0 Å². The van der Waals surface area contributed by atoms with E-state index in [0.29, 0.717) is 0 Å². The highest BCUT2D eigenvalue weighted by Crippen LogP contribution is 2.49. The van der Waals surface area contributed by atoms with Crippen LogP contribution in [0, 0.1) is 10.8 Å². The molecule has 0 unspecified atom stereocenters. The van der Waals surface area contributed by atoms with Crippen LogP contribution in [0.25, 0.3) is 16.3 Å². The van der Waals surface area contributed by atoms with Crippen molar-refractivity contribution in [2.45, 2.75) is 78.7 Å². The van der Waals surface area contributed by atoms with Crippen LogP contribution in [-0.4, -0.2) is 20.8 Å². The molecule has 6 rings (SSSR count). The summed E-state index contributed by atoms with van der Waals surface area (Å²) >= 11 is 3.73. The number of methoxy groups -OCH3 is 2. The molecule has 0 radical (unpaired) electrons. The minimum absolute atomic E-state index is 0.210. The SMILES string of the molecule is CCN1/C(=C/C2=CC(=C/C=C/C3=CC(=C\c4sc5ccc(OC)cc5[n+]4CC)/CC(C)(C)C3)/CC(C)(C)C2)Sc2ccc(OC)cc21. The Morgan fingerprint density at radius 2 is 1.51 bits per heavy atom. The number of fused-ring (bicyclic) bond motifs is 2. The molecule has 0 spiro atoms. The number of hydrogen-bond donors (Lipinski definition) is 0. The van der Waals surface area contributed by atoms with E-state index in [4.69, 9.17) is 9.47 Å². The second-order valence-electron chi connectivity index (χ2n) is 14.5. The van der Waals surface area contributed by atoms with Crippen molar-refractivity contribution >= 4 is 45.1 Å². The van der Waals surface area contributed by atoms with Crippen LogP contribution in [0.2, 0.25) is 0 Å². The maximum absolute atomic E-state index is 5.52. The smallest absolute Gasteiger partial charge is 0.263 e. The summed E-state index contributed by atoms with van der Waals surface area (Å²) in [6, 6.07) is 12.8. The van der Waals surface area contributed by atoms with Gasteiger partial charge in [-0.25, -0.2) is 0 Å². The van der Waals surface area contributed by atoms with E-state index in [-0.39, 0.29) is 10.8 Å². The summed E-state index contributed by atoms with van der Waals surface area (Å²) in [5, 5.41) is 2.59. The second kappa shape index (κ2) is 13.6. The van der Waals surface area contributed by atoms with E-state index in [0.717, 1.165) is 50.3 Å². The Balaban J connectivity index is 1.26. The van der Waals surface area contributed by atoms with Gasteiger partial charge in [-0.1, -0.05) is 81.2 Å². The molecule has 0 saturated heterocycles. The molecule has 3 aliphatic rings. The lowest BCUT2D eigenvalue weighted by molar-refractivity contribution is -0.665. The molecule has 2 aliphatic carbocycles. The van der Waals surface area contributed by atoms with Crippen molar-refractivity contribution in [1.29, 1.82) is 0 Å². The molecule has 0 atom stereocenters. The second-order valence-corrected chi connectivity index (χ2v) is 16.6. The summed E-state index contributed by atoms with van der Waals surface area (Å²) in [7, 11) is 3.47. The number of hydrogen-bond acceptors (Lipinski definition) is 5. The number of anilines is 1. The molecule has 246 valence electrons. The van der Waals surface area contributed by atoms with Crippen molar-refractivity contribution in [1.82, 2.24) is 0 Å². The maximum Gasteiger partial charge on any atom is 0.263 e. The zero-order chi connectivity index (χ0) is 33.3. The lowest BCUT2D eigenvalue weighted by Gasteiger charge is -2.31. The lowest BCUT2D eigenvalue weighted by atomic mass is 9.74. The van der Waals surface area contributed by atoms with Crippen LogP contribution in [0.5, 0.6) is 11.5 Å². The number of allylic oxidation sites excluding steroid dienone is 10. The van der Waals surface area contributed by atoms with Gasteiger partial charge in [0.15, 0.2) is 0 Å². The molecule has 0 bridgehead atoms. The summed E-state index contributed by atoms with van der Waals surface area (Å²) in [4.78, 5) is 3.70. The van der Waals surface area contributed by atoms with E-state index in [1.54, 1.807) is 14.2 Å². The van der Waals surface area contributed by atoms with Crippen LogP contribution < -0.4 is 18.9 Å². The maximum atomic E-state index is 5.52. The molecule has 0 fully saturated rings. The highest BCUT2D eigenvalue weighted by Gasteiger charge is 2.29. The number of ether oxygens (including phenoxy) is 2. The Morgan fingerprint density at radius 3 is 2.23 bits per heavy atom. The van der Waals surface area contributed by atoms with Gasteiger partial charge in [0.25, 0.3) is 5.01 Å². The van der Waals surface area contributed by atoms with Gasteiger partial charge in [-0.05, 0) is 103 Å². The predicted octanol–water partition coefficient (Wildman–Crippen LogP) is 11.1. The molecule has 1 aliphatic heterocycles. The van der Waals surface area contributed by atoms with Gasteiger partial charge in [0, 0.05) is 23.6 Å². The van der Waals surface area contributed by atoms with E-state index >= 15 is 0 Å². The van der Waals surface area contributed by atoms with Crippen molar-refractivity contribution < 1.29 is 14.0 Å². The third-order valence-corrected chi connectivity index (χ3v) is 11.4. The summed E-state index contributed by atoms with van der Waals surface area (Å²) in [5.74, 6) is 1.81. The first-order chi connectivity index (χ1) is 22.5. The monoisotopic (exact) mass is 665 g/mol. The van der Waals surface area contributed by atoms with Gasteiger partial charge in [-0.2, -0.15) is 4.57 Å². The highest BCUT2D eigenvalue weighted by molar-refractivity contribution is 8.03. The van der Waals surface area contributed by atoms with Crippen LogP contribution >= 0.6 is 23.1 Å². The van der Waals surface area contributed by atoms with Gasteiger partial charge < -0.3 is 14.4 Å². The number of nitrogens with zero attached hydrogens (tertiary/aromatic N) is 2. The largest absolute Gasteiger partial charge is 0.497 e. The molecular formula is C41H49N2O2S2+. The van der Waals surface area contributed by atoms with Gasteiger partial charge >= 0.3 is 0 Å². The first-order valence-corrected chi connectivity index (χ1v) is 18.5. The van der Waals surface area contributed by atoms with Crippen LogP contribution in [0.3, 0.4) is 0 Å². The molecular weight excluding hydrogens is 617 g/mol. The average Bonchev–Trinajstić information content (AvgIpc) is 3.54. The van der Waals surface area contributed by atoms with E-state index in [9.17, 15) is 0 Å². The van der Waals surface area contributed by atoms with E-state index in [1.165, 1.54) is 53.1 Å². The Hall–Kier alpha value is -3.48.